The molecule has 2 amide bonds. The van der Waals surface area contributed by atoms with Crippen LogP contribution in [0.2, 0.25) is 0 Å². The summed E-state index contributed by atoms with van der Waals surface area (Å²) in [6, 6.07) is 21.7. The van der Waals surface area contributed by atoms with Crippen molar-refractivity contribution in [3.05, 3.63) is 101 Å². The van der Waals surface area contributed by atoms with Gasteiger partial charge in [-0.2, -0.15) is 0 Å². The maximum Gasteiger partial charge on any atom is 0.270 e. The average molecular weight is 513 g/mol. The van der Waals surface area contributed by atoms with Crippen LogP contribution in [-0.2, 0) is 16.1 Å². The summed E-state index contributed by atoms with van der Waals surface area (Å²) in [4.78, 5) is 28.1. The van der Waals surface area contributed by atoms with Gasteiger partial charge >= 0.3 is 0 Å². The molecule has 3 rings (SSSR count). The van der Waals surface area contributed by atoms with Crippen molar-refractivity contribution in [1.82, 2.24) is 10.8 Å². The highest BCUT2D eigenvalue weighted by atomic mass is 16.5. The van der Waals surface area contributed by atoms with E-state index in [1.807, 2.05) is 79.7 Å². The number of aryl methyl sites for hydroxylation is 1. The summed E-state index contributed by atoms with van der Waals surface area (Å²) in [6.07, 6.45) is -1.05. The number of carbonyl (C=O) groups is 2. The molecule has 0 heterocycles. The normalized spacial score (nSPS) is 12.6. The molecule has 0 fully saturated rings. The Balaban J connectivity index is 1.53. The third-order valence-corrected chi connectivity index (χ3v) is 5.73. The zero-order valence-corrected chi connectivity index (χ0v) is 21.7. The summed E-state index contributed by atoms with van der Waals surface area (Å²) in [6.45, 7) is 6.03. The van der Waals surface area contributed by atoms with E-state index in [-0.39, 0.29) is 12.5 Å². The number of aliphatic imine (C=N–C) groups is 1. The number of hydrogen-bond donors (Lipinski definition) is 5. The molecule has 3 aromatic carbocycles. The van der Waals surface area contributed by atoms with E-state index >= 15 is 0 Å². The van der Waals surface area contributed by atoms with Crippen LogP contribution in [0.1, 0.15) is 41.7 Å². The van der Waals surface area contributed by atoms with E-state index in [2.05, 4.69) is 27.5 Å². The molecule has 0 saturated heterocycles. The number of carbonyl (C=O) groups excluding carboxylic acids is 2. The molecule has 196 valence electrons. The van der Waals surface area contributed by atoms with E-state index in [0.717, 1.165) is 22.3 Å². The number of rotatable bonds is 9. The Morgan fingerprint density at radius 1 is 0.921 bits per heavy atom. The maximum absolute atomic E-state index is 12.2. The Morgan fingerprint density at radius 3 is 2.05 bits per heavy atom. The topological polar surface area (TPSA) is 123 Å². The van der Waals surface area contributed by atoms with Gasteiger partial charge in [0.05, 0.1) is 12.6 Å². The Bertz CT molecular complexity index is 1320. The summed E-state index contributed by atoms with van der Waals surface area (Å²) in [7, 11) is 0. The molecular formula is C30H32N4O4. The Labute approximate surface area is 222 Å². The van der Waals surface area contributed by atoms with Gasteiger partial charge in [-0.3, -0.25) is 19.8 Å². The minimum atomic E-state index is -1.11. The molecule has 0 saturated carbocycles. The minimum absolute atomic E-state index is 0.119. The number of aliphatic hydroxyl groups is 1. The largest absolute Gasteiger partial charge is 0.391 e. The molecule has 0 aliphatic rings. The maximum atomic E-state index is 12.2. The van der Waals surface area contributed by atoms with E-state index in [1.54, 1.807) is 6.92 Å². The van der Waals surface area contributed by atoms with Crippen molar-refractivity contribution in [3.63, 3.8) is 0 Å². The summed E-state index contributed by atoms with van der Waals surface area (Å²) >= 11 is 0. The first-order valence-corrected chi connectivity index (χ1v) is 12.2. The molecule has 0 radical (unpaired) electrons. The fourth-order valence-electron chi connectivity index (χ4n) is 3.54. The van der Waals surface area contributed by atoms with E-state index in [0.29, 0.717) is 17.9 Å². The molecule has 0 bridgehead atoms. The van der Waals surface area contributed by atoms with Crippen LogP contribution >= 0.6 is 0 Å². The monoisotopic (exact) mass is 512 g/mol. The quantitative estimate of drug-likeness (QED) is 0.130. The lowest BCUT2D eigenvalue weighted by molar-refractivity contribution is -0.132. The predicted molar refractivity (Wildman–Crippen MR) is 148 cm³/mol. The molecule has 38 heavy (non-hydrogen) atoms. The van der Waals surface area contributed by atoms with Crippen LogP contribution in [0.3, 0.4) is 0 Å². The summed E-state index contributed by atoms with van der Waals surface area (Å²) in [5.41, 5.74) is 7.45. The molecule has 2 atom stereocenters. The van der Waals surface area contributed by atoms with Crippen LogP contribution in [0.25, 0.3) is 0 Å². The number of hydroxylamine groups is 1. The molecule has 8 nitrogen and oxygen atoms in total. The number of nitrogens with zero attached hydrogens (tertiary/aromatic N) is 1. The van der Waals surface area contributed by atoms with Gasteiger partial charge in [-0.25, -0.2) is 5.48 Å². The van der Waals surface area contributed by atoms with Crippen LogP contribution in [-0.4, -0.2) is 46.5 Å². The molecule has 8 heteroatoms. The van der Waals surface area contributed by atoms with Gasteiger partial charge in [0.1, 0.15) is 0 Å². The summed E-state index contributed by atoms with van der Waals surface area (Å²) in [5.74, 6) is 5.30. The molecule has 3 aromatic rings. The van der Waals surface area contributed by atoms with Crippen molar-refractivity contribution in [3.8, 4) is 11.8 Å². The highest BCUT2D eigenvalue weighted by molar-refractivity contribution is 6.00. The molecule has 0 aliphatic carbocycles. The Morgan fingerprint density at radius 2 is 1.50 bits per heavy atom. The molecule has 0 unspecified atom stereocenters. The first-order valence-electron chi connectivity index (χ1n) is 12.2. The third-order valence-electron chi connectivity index (χ3n) is 5.73. The van der Waals surface area contributed by atoms with E-state index in [1.165, 1.54) is 18.0 Å². The Hall–Kier alpha value is -4.29. The van der Waals surface area contributed by atoms with Crippen LogP contribution in [0.15, 0.2) is 77.8 Å². The van der Waals surface area contributed by atoms with Gasteiger partial charge < -0.3 is 15.7 Å². The van der Waals surface area contributed by atoms with Crippen molar-refractivity contribution in [2.75, 3.05) is 11.9 Å². The standard InChI is InChI=1S/C30H32N4O4/c1-20-4-6-25(7-5-20)18-31-19-28(36)33-27-16-12-24(13-17-27)9-8-23-10-14-26(15-11-23)21(2)32-29(22(3)35)30(37)34-38/h4-7,10-17,22,29,31,35,38H,18-19H2,1-3H3,(H,33,36)(H,34,37)/t22-,29+/m1/s1. The van der Waals surface area contributed by atoms with Gasteiger partial charge in [-0.1, -0.05) is 53.8 Å². The van der Waals surface area contributed by atoms with Gasteiger partial charge in [0.2, 0.25) is 5.91 Å². The summed E-state index contributed by atoms with van der Waals surface area (Å²) < 4.78 is 0. The van der Waals surface area contributed by atoms with Crippen molar-refractivity contribution in [2.24, 2.45) is 4.99 Å². The smallest absolute Gasteiger partial charge is 0.270 e. The number of hydrogen-bond acceptors (Lipinski definition) is 6. The molecule has 0 aliphatic heterocycles. The highest BCUT2D eigenvalue weighted by Gasteiger charge is 2.22. The average Bonchev–Trinajstić information content (AvgIpc) is 2.92. The van der Waals surface area contributed by atoms with Crippen LogP contribution in [0.5, 0.6) is 0 Å². The summed E-state index contributed by atoms with van der Waals surface area (Å²) in [5, 5.41) is 24.6. The lowest BCUT2D eigenvalue weighted by atomic mass is 10.1. The number of benzene rings is 3. The lowest BCUT2D eigenvalue weighted by Gasteiger charge is -2.14. The lowest BCUT2D eigenvalue weighted by Crippen LogP contribution is -2.38. The Kier molecular flexibility index (Phi) is 10.3. The number of anilines is 1. The molecule has 0 aromatic heterocycles. The SMILES string of the molecule is CC(=N[C@H](C(=O)NO)[C@@H](C)O)c1ccc(C#Cc2ccc(NC(=O)CNCc3ccc(C)cc3)cc2)cc1. The van der Waals surface area contributed by atoms with Crippen molar-refractivity contribution in [1.29, 1.82) is 0 Å². The molecular weight excluding hydrogens is 480 g/mol. The third kappa shape index (κ3) is 8.68. The van der Waals surface area contributed by atoms with Crippen molar-refractivity contribution < 1.29 is 19.9 Å². The first kappa shape index (κ1) is 28.3. The van der Waals surface area contributed by atoms with E-state index in [9.17, 15) is 14.7 Å². The van der Waals surface area contributed by atoms with Crippen LogP contribution in [0, 0.1) is 18.8 Å². The van der Waals surface area contributed by atoms with Crippen LogP contribution < -0.4 is 16.1 Å². The predicted octanol–water partition coefficient (Wildman–Crippen LogP) is 3.19. The number of nitrogens with one attached hydrogen (secondary N) is 3. The minimum Gasteiger partial charge on any atom is -0.391 e. The highest BCUT2D eigenvalue weighted by Crippen LogP contribution is 2.11. The zero-order valence-electron chi connectivity index (χ0n) is 21.7. The first-order chi connectivity index (χ1) is 18.2. The number of amides is 2. The number of aliphatic hydroxyl groups excluding tert-OH is 1. The molecule has 5 N–H and O–H groups in total. The fraction of sp³-hybridized carbons (Fsp3) is 0.233. The van der Waals surface area contributed by atoms with Crippen LogP contribution in [0.4, 0.5) is 5.69 Å². The van der Waals surface area contributed by atoms with Crippen molar-refractivity contribution in [2.45, 2.75) is 39.5 Å². The second-order valence-electron chi connectivity index (χ2n) is 8.92. The van der Waals surface area contributed by atoms with Gasteiger partial charge in [0.15, 0.2) is 6.04 Å². The van der Waals surface area contributed by atoms with E-state index in [4.69, 9.17) is 5.21 Å². The fourth-order valence-corrected chi connectivity index (χ4v) is 3.54. The van der Waals surface area contributed by atoms with Gasteiger partial charge in [-0.15, -0.1) is 0 Å². The van der Waals surface area contributed by atoms with Gasteiger partial charge in [0.25, 0.3) is 5.91 Å². The second kappa shape index (κ2) is 13.9. The van der Waals surface area contributed by atoms with Gasteiger partial charge in [0, 0.05) is 29.1 Å². The van der Waals surface area contributed by atoms with E-state index < -0.39 is 18.1 Å². The zero-order chi connectivity index (χ0) is 27.5. The van der Waals surface area contributed by atoms with Gasteiger partial charge in [-0.05, 0) is 68.3 Å². The second-order valence-corrected chi connectivity index (χ2v) is 8.92. The van der Waals surface area contributed by atoms with Crippen molar-refractivity contribution >= 4 is 23.2 Å². The molecule has 0 spiro atoms.